The van der Waals surface area contributed by atoms with Crippen molar-refractivity contribution < 1.29 is 5.11 Å². The summed E-state index contributed by atoms with van der Waals surface area (Å²) in [7, 11) is 0. The Morgan fingerprint density at radius 3 is 2.40 bits per heavy atom. The Balaban J connectivity index is 1.85. The maximum atomic E-state index is 9.15. The number of thiocarbonyl (C=S) groups is 1. The molecule has 6 heteroatoms. The van der Waals surface area contributed by atoms with Crippen molar-refractivity contribution in [3.8, 4) is 5.75 Å². The van der Waals surface area contributed by atoms with E-state index < -0.39 is 0 Å². The molecule has 0 saturated carbocycles. The van der Waals surface area contributed by atoms with Gasteiger partial charge in [0.2, 0.25) is 0 Å². The van der Waals surface area contributed by atoms with Crippen LogP contribution >= 0.6 is 23.8 Å². The summed E-state index contributed by atoms with van der Waals surface area (Å²) >= 11 is 10.9. The number of hydrazone groups is 1. The molecule has 0 heterocycles. The van der Waals surface area contributed by atoms with Crippen LogP contribution < -0.4 is 10.7 Å². The van der Waals surface area contributed by atoms with Crippen molar-refractivity contribution in [1.29, 1.82) is 0 Å². The van der Waals surface area contributed by atoms with E-state index in [2.05, 4.69) is 15.8 Å². The number of anilines is 1. The Labute approximate surface area is 127 Å². The van der Waals surface area contributed by atoms with Gasteiger partial charge in [-0.2, -0.15) is 5.10 Å². The molecule has 0 radical (unpaired) electrons. The summed E-state index contributed by atoms with van der Waals surface area (Å²) in [5.41, 5.74) is 4.38. The van der Waals surface area contributed by atoms with Crippen LogP contribution in [0.4, 0.5) is 5.69 Å². The third kappa shape index (κ3) is 4.53. The highest BCUT2D eigenvalue weighted by molar-refractivity contribution is 7.80. The van der Waals surface area contributed by atoms with E-state index >= 15 is 0 Å². The molecule has 0 bridgehead atoms. The van der Waals surface area contributed by atoms with Crippen LogP contribution in [0.3, 0.4) is 0 Å². The smallest absolute Gasteiger partial charge is 0.191 e. The number of aromatic hydroxyl groups is 1. The molecular weight excluding hydrogens is 294 g/mol. The van der Waals surface area contributed by atoms with Crippen molar-refractivity contribution >= 4 is 40.8 Å². The molecule has 0 spiro atoms. The lowest BCUT2D eigenvalue weighted by atomic mass is 10.2. The predicted octanol–water partition coefficient (Wildman–Crippen LogP) is 3.37. The lowest BCUT2D eigenvalue weighted by Gasteiger charge is -2.06. The fourth-order valence-electron chi connectivity index (χ4n) is 1.42. The lowest BCUT2D eigenvalue weighted by molar-refractivity contribution is 0.475. The molecule has 0 aromatic heterocycles. The molecule has 0 unspecified atom stereocenters. The molecular formula is C14H12ClN3OS. The molecule has 0 amide bonds. The minimum Gasteiger partial charge on any atom is -0.508 e. The van der Waals surface area contributed by atoms with Crippen LogP contribution in [0.25, 0.3) is 0 Å². The molecule has 102 valence electrons. The Morgan fingerprint density at radius 1 is 1.10 bits per heavy atom. The van der Waals surface area contributed by atoms with E-state index in [1.54, 1.807) is 42.6 Å². The summed E-state index contributed by atoms with van der Waals surface area (Å²) in [6.07, 6.45) is 1.61. The fourth-order valence-corrected chi connectivity index (χ4v) is 1.71. The zero-order valence-corrected chi connectivity index (χ0v) is 11.9. The number of phenols is 1. The zero-order chi connectivity index (χ0) is 14.4. The second-order valence-electron chi connectivity index (χ2n) is 3.92. The monoisotopic (exact) mass is 305 g/mol. The highest BCUT2D eigenvalue weighted by Gasteiger charge is 1.96. The van der Waals surface area contributed by atoms with Gasteiger partial charge in [0.05, 0.1) is 6.21 Å². The van der Waals surface area contributed by atoms with Crippen LogP contribution in [0, 0.1) is 0 Å². The van der Waals surface area contributed by atoms with E-state index in [1.807, 2.05) is 12.1 Å². The van der Waals surface area contributed by atoms with Gasteiger partial charge in [-0.15, -0.1) is 0 Å². The highest BCUT2D eigenvalue weighted by Crippen LogP contribution is 2.13. The predicted molar refractivity (Wildman–Crippen MR) is 86.5 cm³/mol. The number of nitrogens with zero attached hydrogens (tertiary/aromatic N) is 1. The molecule has 0 aliphatic rings. The van der Waals surface area contributed by atoms with Crippen LogP contribution in [-0.4, -0.2) is 16.4 Å². The first kappa shape index (κ1) is 14.3. The third-order valence-corrected chi connectivity index (χ3v) is 2.82. The molecule has 0 aliphatic heterocycles. The summed E-state index contributed by atoms with van der Waals surface area (Å²) in [4.78, 5) is 0. The minimum atomic E-state index is 0.218. The lowest BCUT2D eigenvalue weighted by Crippen LogP contribution is -2.23. The van der Waals surface area contributed by atoms with Gasteiger partial charge in [0.1, 0.15) is 5.75 Å². The maximum Gasteiger partial charge on any atom is 0.191 e. The van der Waals surface area contributed by atoms with Crippen molar-refractivity contribution in [2.45, 2.75) is 0 Å². The van der Waals surface area contributed by atoms with Gasteiger partial charge >= 0.3 is 0 Å². The van der Waals surface area contributed by atoms with E-state index in [0.717, 1.165) is 11.3 Å². The third-order valence-electron chi connectivity index (χ3n) is 2.37. The molecule has 0 atom stereocenters. The molecule has 20 heavy (non-hydrogen) atoms. The van der Waals surface area contributed by atoms with Crippen molar-refractivity contribution in [2.24, 2.45) is 5.10 Å². The van der Waals surface area contributed by atoms with E-state index in [9.17, 15) is 0 Å². The van der Waals surface area contributed by atoms with Gasteiger partial charge < -0.3 is 10.4 Å². The number of halogens is 1. The van der Waals surface area contributed by atoms with Crippen LogP contribution in [0.5, 0.6) is 5.75 Å². The molecule has 2 aromatic rings. The summed E-state index contributed by atoms with van der Waals surface area (Å²) in [5, 5.41) is 17.2. The summed E-state index contributed by atoms with van der Waals surface area (Å²) < 4.78 is 0. The fraction of sp³-hybridized carbons (Fsp3) is 0. The van der Waals surface area contributed by atoms with Crippen LogP contribution in [0.2, 0.25) is 5.02 Å². The first-order chi connectivity index (χ1) is 9.63. The maximum absolute atomic E-state index is 9.15. The van der Waals surface area contributed by atoms with Gasteiger partial charge in [-0.25, -0.2) is 0 Å². The number of hydrogen-bond donors (Lipinski definition) is 3. The molecule has 0 fully saturated rings. The Bertz CT molecular complexity index is 611. The van der Waals surface area contributed by atoms with Gasteiger partial charge in [-0.3, -0.25) is 5.43 Å². The van der Waals surface area contributed by atoms with Gasteiger partial charge in [0, 0.05) is 10.7 Å². The summed E-state index contributed by atoms with van der Waals surface area (Å²) in [6.45, 7) is 0. The van der Waals surface area contributed by atoms with Gasteiger partial charge in [0.25, 0.3) is 0 Å². The van der Waals surface area contributed by atoms with Gasteiger partial charge in [-0.05, 0) is 66.3 Å². The Hall–Kier alpha value is -2.11. The normalized spacial score (nSPS) is 10.4. The molecule has 4 nitrogen and oxygen atoms in total. The number of benzene rings is 2. The molecule has 2 aromatic carbocycles. The zero-order valence-electron chi connectivity index (χ0n) is 10.4. The molecule has 2 rings (SSSR count). The largest absolute Gasteiger partial charge is 0.508 e. The first-order valence-electron chi connectivity index (χ1n) is 5.78. The molecule has 0 aliphatic carbocycles. The Morgan fingerprint density at radius 2 is 1.75 bits per heavy atom. The number of phenolic OH excluding ortho intramolecular Hbond substituents is 1. The number of rotatable bonds is 3. The SMILES string of the molecule is Oc1ccc(/C=N/NC(=S)Nc2ccc(Cl)cc2)cc1. The van der Waals surface area contributed by atoms with E-state index in [-0.39, 0.29) is 5.75 Å². The van der Waals surface area contributed by atoms with E-state index in [0.29, 0.717) is 10.1 Å². The van der Waals surface area contributed by atoms with E-state index in [4.69, 9.17) is 28.9 Å². The van der Waals surface area contributed by atoms with Crippen molar-refractivity contribution in [1.82, 2.24) is 5.43 Å². The van der Waals surface area contributed by atoms with Gasteiger partial charge in [0.15, 0.2) is 5.11 Å². The number of hydrogen-bond acceptors (Lipinski definition) is 3. The minimum absolute atomic E-state index is 0.218. The summed E-state index contributed by atoms with van der Waals surface area (Å²) in [5.74, 6) is 0.218. The highest BCUT2D eigenvalue weighted by atomic mass is 35.5. The topological polar surface area (TPSA) is 56.7 Å². The van der Waals surface area contributed by atoms with Crippen LogP contribution in [0.1, 0.15) is 5.56 Å². The first-order valence-corrected chi connectivity index (χ1v) is 6.57. The molecule has 0 saturated heterocycles. The summed E-state index contributed by atoms with van der Waals surface area (Å²) in [6, 6.07) is 13.8. The second-order valence-corrected chi connectivity index (χ2v) is 4.77. The van der Waals surface area contributed by atoms with E-state index in [1.165, 1.54) is 0 Å². The van der Waals surface area contributed by atoms with Crippen LogP contribution in [-0.2, 0) is 0 Å². The van der Waals surface area contributed by atoms with Crippen LogP contribution in [0.15, 0.2) is 53.6 Å². The quantitative estimate of drug-likeness (QED) is 0.462. The standard InChI is InChI=1S/C14H12ClN3OS/c15-11-3-5-12(6-4-11)17-14(20)18-16-9-10-1-7-13(19)8-2-10/h1-9,19H,(H2,17,18,20)/b16-9+. The second kappa shape index (κ2) is 6.88. The Kier molecular flexibility index (Phi) is 4.92. The van der Waals surface area contributed by atoms with Crippen molar-refractivity contribution in [2.75, 3.05) is 5.32 Å². The number of nitrogens with one attached hydrogen (secondary N) is 2. The average molecular weight is 306 g/mol. The average Bonchev–Trinajstić information content (AvgIpc) is 2.44. The van der Waals surface area contributed by atoms with Gasteiger partial charge in [-0.1, -0.05) is 11.6 Å². The van der Waals surface area contributed by atoms with Crippen molar-refractivity contribution in [3.63, 3.8) is 0 Å². The molecule has 3 N–H and O–H groups in total. The van der Waals surface area contributed by atoms with Crippen molar-refractivity contribution in [3.05, 3.63) is 59.1 Å².